The van der Waals surface area contributed by atoms with Gasteiger partial charge in [0.2, 0.25) is 0 Å². The Kier molecular flexibility index (Phi) is 2.56. The number of hydrogen-bond donors (Lipinski definition) is 3. The predicted octanol–water partition coefficient (Wildman–Crippen LogP) is 0.729. The molecule has 0 bridgehead atoms. The van der Waals surface area contributed by atoms with Crippen LogP contribution in [-0.4, -0.2) is 27.0 Å². The molecule has 1 aliphatic carbocycles. The largest absolute Gasteiger partial charge is 0.394 e. The molecule has 0 aliphatic heterocycles. The number of hydrogen-bond acceptors (Lipinski definition) is 4. The fraction of sp³-hybridized carbons (Fsp3) is 0.700. The highest BCUT2D eigenvalue weighted by Crippen LogP contribution is 2.28. The molecule has 0 unspecified atom stereocenters. The summed E-state index contributed by atoms with van der Waals surface area (Å²) in [5.41, 5.74) is 7.51. The first-order valence-corrected chi connectivity index (χ1v) is 5.39. The van der Waals surface area contributed by atoms with E-state index in [0.717, 1.165) is 36.6 Å². The zero-order valence-corrected chi connectivity index (χ0v) is 9.20. The van der Waals surface area contributed by atoms with Crippen LogP contribution in [0.2, 0.25) is 0 Å². The van der Waals surface area contributed by atoms with Crippen LogP contribution >= 0.6 is 0 Å². The predicted molar refractivity (Wildman–Crippen MR) is 59.7 cm³/mol. The first-order chi connectivity index (χ1) is 7.11. The van der Waals surface area contributed by atoms with E-state index in [2.05, 4.69) is 10.4 Å². The lowest BCUT2D eigenvalue weighted by molar-refractivity contribution is 0.0834. The Labute approximate surface area is 89.3 Å². The van der Waals surface area contributed by atoms with Gasteiger partial charge in [-0.05, 0) is 26.7 Å². The summed E-state index contributed by atoms with van der Waals surface area (Å²) in [6, 6.07) is 0.337. The van der Waals surface area contributed by atoms with Gasteiger partial charge in [-0.15, -0.1) is 0 Å². The Balaban J connectivity index is 2.12. The average molecular weight is 210 g/mol. The summed E-state index contributed by atoms with van der Waals surface area (Å²) in [5.74, 6) is 0.895. The molecule has 4 N–H and O–H groups in total. The second kappa shape index (κ2) is 3.73. The van der Waals surface area contributed by atoms with Gasteiger partial charge >= 0.3 is 0 Å². The molecule has 5 heteroatoms. The molecule has 0 amide bonds. The molecular weight excluding hydrogens is 192 g/mol. The number of nitrogens with zero attached hydrogens (tertiary/aromatic N) is 2. The van der Waals surface area contributed by atoms with Crippen molar-refractivity contribution in [3.05, 3.63) is 5.69 Å². The molecule has 0 radical (unpaired) electrons. The first-order valence-electron chi connectivity index (χ1n) is 5.39. The van der Waals surface area contributed by atoms with Crippen LogP contribution in [0.3, 0.4) is 0 Å². The van der Waals surface area contributed by atoms with E-state index in [1.165, 1.54) is 0 Å². The molecular formula is C10H18N4O. The smallest absolute Gasteiger partial charge is 0.148 e. The van der Waals surface area contributed by atoms with Gasteiger partial charge in [-0.3, -0.25) is 0 Å². The minimum absolute atomic E-state index is 0.150. The van der Waals surface area contributed by atoms with Crippen molar-refractivity contribution in [3.8, 4) is 0 Å². The Hall–Kier alpha value is -1.23. The van der Waals surface area contributed by atoms with Crippen LogP contribution in [0.5, 0.6) is 0 Å². The van der Waals surface area contributed by atoms with E-state index in [1.807, 2.05) is 18.5 Å². The minimum atomic E-state index is -0.150. The van der Waals surface area contributed by atoms with Crippen molar-refractivity contribution in [2.75, 3.05) is 11.1 Å². The molecule has 0 aromatic carbocycles. The van der Waals surface area contributed by atoms with E-state index in [1.54, 1.807) is 0 Å². The molecule has 5 nitrogen and oxygen atoms in total. The second-order valence-corrected chi connectivity index (χ2v) is 4.13. The minimum Gasteiger partial charge on any atom is -0.394 e. The lowest BCUT2D eigenvalue weighted by Crippen LogP contribution is -2.39. The zero-order chi connectivity index (χ0) is 11.0. The molecule has 1 aromatic rings. The van der Waals surface area contributed by atoms with Crippen molar-refractivity contribution in [3.63, 3.8) is 0 Å². The summed E-state index contributed by atoms with van der Waals surface area (Å²) < 4.78 is 1.87. The van der Waals surface area contributed by atoms with Crippen LogP contribution < -0.4 is 11.1 Å². The highest BCUT2D eigenvalue weighted by molar-refractivity contribution is 5.65. The third-order valence-corrected chi connectivity index (χ3v) is 2.93. The van der Waals surface area contributed by atoms with Gasteiger partial charge in [0.05, 0.1) is 17.5 Å². The number of nitrogens with two attached hydrogens (primary N) is 1. The summed E-state index contributed by atoms with van der Waals surface area (Å²) in [6.07, 6.45) is 1.45. The van der Waals surface area contributed by atoms with Crippen molar-refractivity contribution in [1.82, 2.24) is 9.78 Å². The number of anilines is 2. The van der Waals surface area contributed by atoms with Gasteiger partial charge in [0.15, 0.2) is 0 Å². The molecule has 2 rings (SSSR count). The quantitative estimate of drug-likeness (QED) is 0.687. The fourth-order valence-electron chi connectivity index (χ4n) is 1.88. The molecule has 84 valence electrons. The van der Waals surface area contributed by atoms with Crippen molar-refractivity contribution in [1.29, 1.82) is 0 Å². The summed E-state index contributed by atoms with van der Waals surface area (Å²) in [6.45, 7) is 4.74. The van der Waals surface area contributed by atoms with Crippen molar-refractivity contribution < 1.29 is 5.11 Å². The number of nitrogen functional groups attached to an aromatic ring is 1. The van der Waals surface area contributed by atoms with Crippen molar-refractivity contribution in [2.24, 2.45) is 0 Å². The van der Waals surface area contributed by atoms with Gasteiger partial charge in [0, 0.05) is 12.6 Å². The zero-order valence-electron chi connectivity index (χ0n) is 9.20. The Morgan fingerprint density at radius 2 is 2.27 bits per heavy atom. The summed E-state index contributed by atoms with van der Waals surface area (Å²) in [7, 11) is 0. The standard InChI is InChI=1S/C10H18N4O/c1-3-14-10(9(11)6(2)13-14)12-7-4-8(15)5-7/h7-8,12,15H,3-5,11H2,1-2H3. The van der Waals surface area contributed by atoms with Crippen LogP contribution in [0, 0.1) is 6.92 Å². The van der Waals surface area contributed by atoms with E-state index in [9.17, 15) is 5.11 Å². The Bertz CT molecular complexity index is 355. The van der Waals surface area contributed by atoms with Crippen LogP contribution in [-0.2, 0) is 6.54 Å². The van der Waals surface area contributed by atoms with Crippen LogP contribution in [0.4, 0.5) is 11.5 Å². The topological polar surface area (TPSA) is 76.1 Å². The Morgan fingerprint density at radius 3 is 2.80 bits per heavy atom. The molecule has 1 saturated carbocycles. The molecule has 15 heavy (non-hydrogen) atoms. The van der Waals surface area contributed by atoms with Crippen LogP contribution in [0.15, 0.2) is 0 Å². The Morgan fingerprint density at radius 1 is 1.60 bits per heavy atom. The van der Waals surface area contributed by atoms with Gasteiger partial charge in [-0.1, -0.05) is 0 Å². The maximum absolute atomic E-state index is 9.20. The second-order valence-electron chi connectivity index (χ2n) is 4.13. The lowest BCUT2D eigenvalue weighted by Gasteiger charge is -2.32. The summed E-state index contributed by atoms with van der Waals surface area (Å²) in [5, 5.41) is 16.9. The number of aryl methyl sites for hydroxylation is 2. The molecule has 0 saturated heterocycles. The molecule has 1 aliphatic rings. The third-order valence-electron chi connectivity index (χ3n) is 2.93. The summed E-state index contributed by atoms with van der Waals surface area (Å²) >= 11 is 0. The van der Waals surface area contributed by atoms with Gasteiger partial charge in [0.1, 0.15) is 5.82 Å². The lowest BCUT2D eigenvalue weighted by atomic mass is 9.89. The molecule has 0 atom stereocenters. The van der Waals surface area contributed by atoms with E-state index < -0.39 is 0 Å². The van der Waals surface area contributed by atoms with E-state index in [0.29, 0.717) is 6.04 Å². The van der Waals surface area contributed by atoms with E-state index in [4.69, 9.17) is 5.73 Å². The van der Waals surface area contributed by atoms with Gasteiger partial charge < -0.3 is 16.2 Å². The number of rotatable bonds is 3. The highest BCUT2D eigenvalue weighted by Gasteiger charge is 2.28. The van der Waals surface area contributed by atoms with Crippen molar-refractivity contribution >= 4 is 11.5 Å². The maximum Gasteiger partial charge on any atom is 0.148 e. The first kappa shape index (κ1) is 10.3. The summed E-state index contributed by atoms with van der Waals surface area (Å²) in [4.78, 5) is 0. The van der Waals surface area contributed by atoms with E-state index in [-0.39, 0.29) is 6.10 Å². The maximum atomic E-state index is 9.20. The van der Waals surface area contributed by atoms with Crippen molar-refractivity contribution in [2.45, 2.75) is 45.4 Å². The molecule has 1 heterocycles. The monoisotopic (exact) mass is 210 g/mol. The van der Waals surface area contributed by atoms with Gasteiger partial charge in [0.25, 0.3) is 0 Å². The van der Waals surface area contributed by atoms with Gasteiger partial charge in [-0.25, -0.2) is 4.68 Å². The molecule has 1 fully saturated rings. The fourth-order valence-corrected chi connectivity index (χ4v) is 1.88. The van der Waals surface area contributed by atoms with E-state index >= 15 is 0 Å². The number of aromatic nitrogens is 2. The van der Waals surface area contributed by atoms with Gasteiger partial charge in [-0.2, -0.15) is 5.10 Å². The number of aliphatic hydroxyl groups excluding tert-OH is 1. The normalized spacial score (nSPS) is 25.0. The van der Waals surface area contributed by atoms with Crippen LogP contribution in [0.1, 0.15) is 25.5 Å². The molecule has 1 aromatic heterocycles. The van der Waals surface area contributed by atoms with Crippen LogP contribution in [0.25, 0.3) is 0 Å². The highest BCUT2D eigenvalue weighted by atomic mass is 16.3. The third kappa shape index (κ3) is 1.79. The number of aliphatic hydroxyl groups is 1. The number of nitrogens with one attached hydrogen (secondary N) is 1. The molecule has 0 spiro atoms. The SMILES string of the molecule is CCn1nc(C)c(N)c1NC1CC(O)C1. The average Bonchev–Trinajstić information content (AvgIpc) is 2.43.